The first-order valence-electron chi connectivity index (χ1n) is 5.89. The third kappa shape index (κ3) is 2.08. The minimum atomic E-state index is -0.327. The van der Waals surface area contributed by atoms with Crippen molar-refractivity contribution >= 4 is 11.6 Å². The van der Waals surface area contributed by atoms with Crippen molar-refractivity contribution in [3.05, 3.63) is 65.0 Å². The number of fused-ring (bicyclic) bond motifs is 1. The van der Waals surface area contributed by atoms with Crippen LogP contribution in [0.25, 0.3) is 0 Å². The second-order valence-corrected chi connectivity index (χ2v) is 4.82. The van der Waals surface area contributed by atoms with Gasteiger partial charge in [0, 0.05) is 6.42 Å². The molecule has 0 N–H and O–H groups in total. The fourth-order valence-corrected chi connectivity index (χ4v) is 2.49. The zero-order chi connectivity index (χ0) is 12.5. The molecule has 0 bridgehead atoms. The highest BCUT2D eigenvalue weighted by Gasteiger charge is 2.16. The van der Waals surface area contributed by atoms with Crippen molar-refractivity contribution in [3.63, 3.8) is 0 Å². The Morgan fingerprint density at radius 3 is 2.78 bits per heavy atom. The lowest BCUT2D eigenvalue weighted by atomic mass is 10.0. The van der Waals surface area contributed by atoms with Crippen molar-refractivity contribution in [1.29, 1.82) is 0 Å². The number of halogens is 2. The first-order chi connectivity index (χ1) is 8.74. The predicted molar refractivity (Wildman–Crippen MR) is 69.7 cm³/mol. The van der Waals surface area contributed by atoms with Crippen molar-refractivity contribution < 1.29 is 9.13 Å². The highest BCUT2D eigenvalue weighted by atomic mass is 35.5. The van der Waals surface area contributed by atoms with Gasteiger partial charge in [0.1, 0.15) is 11.6 Å². The van der Waals surface area contributed by atoms with E-state index in [-0.39, 0.29) is 11.2 Å². The summed E-state index contributed by atoms with van der Waals surface area (Å²) in [5, 5.41) is -0.327. The maximum atomic E-state index is 13.2. The molecule has 1 nitrogen and oxygen atoms in total. The van der Waals surface area contributed by atoms with E-state index in [2.05, 4.69) is 0 Å². The molecule has 3 heteroatoms. The summed E-state index contributed by atoms with van der Waals surface area (Å²) in [6.45, 7) is 0.728. The SMILES string of the molecule is Fc1cccc(C(Cl)c2ccc3c(c2)CCO3)c1. The molecular formula is C15H12ClFO. The van der Waals surface area contributed by atoms with E-state index < -0.39 is 0 Å². The van der Waals surface area contributed by atoms with Gasteiger partial charge in [-0.05, 0) is 34.9 Å². The van der Waals surface area contributed by atoms with Crippen LogP contribution in [0.5, 0.6) is 5.75 Å². The molecule has 0 amide bonds. The monoisotopic (exact) mass is 262 g/mol. The van der Waals surface area contributed by atoms with Crippen LogP contribution >= 0.6 is 11.6 Å². The lowest BCUT2D eigenvalue weighted by Gasteiger charge is -2.11. The van der Waals surface area contributed by atoms with Crippen LogP contribution in [0.1, 0.15) is 22.1 Å². The van der Waals surface area contributed by atoms with E-state index in [9.17, 15) is 4.39 Å². The molecule has 0 saturated heterocycles. The normalized spacial score (nSPS) is 15.0. The van der Waals surface area contributed by atoms with Gasteiger partial charge in [-0.15, -0.1) is 11.6 Å². The van der Waals surface area contributed by atoms with Gasteiger partial charge in [-0.1, -0.05) is 24.3 Å². The fraction of sp³-hybridized carbons (Fsp3) is 0.200. The van der Waals surface area contributed by atoms with Crippen LogP contribution in [0, 0.1) is 5.82 Å². The van der Waals surface area contributed by atoms with Gasteiger partial charge in [-0.2, -0.15) is 0 Å². The number of rotatable bonds is 2. The average Bonchev–Trinajstić information content (AvgIpc) is 2.85. The first-order valence-corrected chi connectivity index (χ1v) is 6.33. The van der Waals surface area contributed by atoms with Crippen LogP contribution in [-0.4, -0.2) is 6.61 Å². The van der Waals surface area contributed by atoms with Crippen LogP contribution in [0.15, 0.2) is 42.5 Å². The highest BCUT2D eigenvalue weighted by molar-refractivity contribution is 6.22. The minimum absolute atomic E-state index is 0.261. The van der Waals surface area contributed by atoms with E-state index in [0.717, 1.165) is 29.9 Å². The molecule has 1 aliphatic rings. The summed E-state index contributed by atoms with van der Waals surface area (Å²) in [5.41, 5.74) is 2.93. The Morgan fingerprint density at radius 1 is 1.11 bits per heavy atom. The standard InChI is InChI=1S/C15H12ClFO/c16-15(11-2-1-3-13(17)9-11)12-4-5-14-10(8-12)6-7-18-14/h1-5,8-9,15H,6-7H2. The van der Waals surface area contributed by atoms with E-state index in [4.69, 9.17) is 16.3 Å². The number of hydrogen-bond acceptors (Lipinski definition) is 1. The van der Waals surface area contributed by atoms with E-state index >= 15 is 0 Å². The van der Waals surface area contributed by atoms with Crippen LogP contribution in [0.3, 0.4) is 0 Å². The van der Waals surface area contributed by atoms with Crippen LogP contribution < -0.4 is 4.74 Å². The lowest BCUT2D eigenvalue weighted by molar-refractivity contribution is 0.357. The number of hydrogen-bond donors (Lipinski definition) is 0. The summed E-state index contributed by atoms with van der Waals surface area (Å²) in [6, 6.07) is 12.3. The Hall–Kier alpha value is -1.54. The summed E-state index contributed by atoms with van der Waals surface area (Å²) < 4.78 is 18.6. The molecule has 18 heavy (non-hydrogen) atoms. The van der Waals surface area contributed by atoms with Gasteiger partial charge in [-0.3, -0.25) is 0 Å². The Bertz CT molecular complexity index is 582. The van der Waals surface area contributed by atoms with Crippen molar-refractivity contribution in [2.24, 2.45) is 0 Å². The van der Waals surface area contributed by atoms with Crippen molar-refractivity contribution in [3.8, 4) is 5.75 Å². The molecule has 1 heterocycles. The van der Waals surface area contributed by atoms with Gasteiger partial charge < -0.3 is 4.74 Å². The fourth-order valence-electron chi connectivity index (χ4n) is 2.22. The van der Waals surface area contributed by atoms with Gasteiger partial charge in [0.05, 0.1) is 12.0 Å². The van der Waals surface area contributed by atoms with Gasteiger partial charge >= 0.3 is 0 Å². The van der Waals surface area contributed by atoms with Crippen LogP contribution in [-0.2, 0) is 6.42 Å². The zero-order valence-corrected chi connectivity index (χ0v) is 10.5. The topological polar surface area (TPSA) is 9.23 Å². The molecule has 0 radical (unpaired) electrons. The van der Waals surface area contributed by atoms with Crippen molar-refractivity contribution in [2.75, 3.05) is 6.61 Å². The third-order valence-electron chi connectivity index (χ3n) is 3.15. The summed E-state index contributed by atoms with van der Waals surface area (Å²) >= 11 is 6.40. The maximum absolute atomic E-state index is 13.2. The molecule has 3 rings (SSSR count). The molecule has 92 valence electrons. The smallest absolute Gasteiger partial charge is 0.123 e. The van der Waals surface area contributed by atoms with Gasteiger partial charge in [-0.25, -0.2) is 4.39 Å². The Balaban J connectivity index is 1.95. The first kappa shape index (κ1) is 11.5. The molecular weight excluding hydrogens is 251 g/mol. The Morgan fingerprint density at radius 2 is 1.94 bits per heavy atom. The molecule has 0 fully saturated rings. The largest absolute Gasteiger partial charge is 0.493 e. The van der Waals surface area contributed by atoms with Gasteiger partial charge in [0.15, 0.2) is 0 Å². The van der Waals surface area contributed by atoms with Gasteiger partial charge in [0.25, 0.3) is 0 Å². The second-order valence-electron chi connectivity index (χ2n) is 4.38. The van der Waals surface area contributed by atoms with E-state index in [0.29, 0.717) is 0 Å². The van der Waals surface area contributed by atoms with E-state index in [1.54, 1.807) is 6.07 Å². The molecule has 1 aliphatic heterocycles. The molecule has 0 aromatic heterocycles. The zero-order valence-electron chi connectivity index (χ0n) is 9.70. The highest BCUT2D eigenvalue weighted by Crippen LogP contribution is 2.34. The van der Waals surface area contributed by atoms with Gasteiger partial charge in [0.2, 0.25) is 0 Å². The van der Waals surface area contributed by atoms with Crippen LogP contribution in [0.2, 0.25) is 0 Å². The molecule has 2 aromatic rings. The number of alkyl halides is 1. The average molecular weight is 263 g/mol. The third-order valence-corrected chi connectivity index (χ3v) is 3.65. The molecule has 0 saturated carbocycles. The second kappa shape index (κ2) is 4.62. The van der Waals surface area contributed by atoms with Crippen molar-refractivity contribution in [1.82, 2.24) is 0 Å². The summed E-state index contributed by atoms with van der Waals surface area (Å²) in [5.74, 6) is 0.671. The number of benzene rings is 2. The molecule has 2 aromatic carbocycles. The van der Waals surface area contributed by atoms with Crippen molar-refractivity contribution in [2.45, 2.75) is 11.8 Å². The molecule has 1 atom stereocenters. The number of ether oxygens (including phenoxy) is 1. The summed E-state index contributed by atoms with van der Waals surface area (Å²) in [6.07, 6.45) is 0.913. The lowest BCUT2D eigenvalue weighted by Crippen LogP contribution is -1.94. The predicted octanol–water partition coefficient (Wildman–Crippen LogP) is 4.09. The molecule has 0 spiro atoms. The maximum Gasteiger partial charge on any atom is 0.123 e. The summed E-state index contributed by atoms with van der Waals surface area (Å²) in [7, 11) is 0. The molecule has 1 unspecified atom stereocenters. The Labute approximate surface area is 110 Å². The van der Waals surface area contributed by atoms with Crippen LogP contribution in [0.4, 0.5) is 4.39 Å². The van der Waals surface area contributed by atoms with E-state index in [1.807, 2.05) is 24.3 Å². The van der Waals surface area contributed by atoms with E-state index in [1.165, 1.54) is 17.7 Å². The quantitative estimate of drug-likeness (QED) is 0.741. The minimum Gasteiger partial charge on any atom is -0.493 e. The summed E-state index contributed by atoms with van der Waals surface area (Å²) in [4.78, 5) is 0. The molecule has 0 aliphatic carbocycles. The Kier molecular flexibility index (Phi) is 2.96.